The first kappa shape index (κ1) is 11.3. The van der Waals surface area contributed by atoms with Crippen molar-refractivity contribution in [1.29, 1.82) is 0 Å². The molecule has 4 heteroatoms. The van der Waals surface area contributed by atoms with Gasteiger partial charge in [-0.2, -0.15) is 0 Å². The van der Waals surface area contributed by atoms with E-state index in [-0.39, 0.29) is 0 Å². The number of anilines is 1. The topological polar surface area (TPSA) is 28.2 Å². The Morgan fingerprint density at radius 3 is 3.12 bits per heavy atom. The van der Waals surface area contributed by atoms with Gasteiger partial charge in [0, 0.05) is 25.3 Å². The summed E-state index contributed by atoms with van der Waals surface area (Å²) in [5.74, 6) is 1.86. The average Bonchev–Trinajstić information content (AvgIpc) is 2.39. The van der Waals surface area contributed by atoms with Gasteiger partial charge in [0.2, 0.25) is 0 Å². The molecule has 2 aliphatic heterocycles. The molecule has 2 saturated heterocycles. The van der Waals surface area contributed by atoms with E-state index in [2.05, 4.69) is 15.2 Å². The lowest BCUT2D eigenvalue weighted by Crippen LogP contribution is -2.52. The number of hydrogen-bond acceptors (Lipinski definition) is 3. The lowest BCUT2D eigenvalue weighted by Gasteiger charge is -2.42. The number of aromatic nitrogens is 1. The molecule has 92 valence electrons. The van der Waals surface area contributed by atoms with Crippen LogP contribution in [0.25, 0.3) is 0 Å². The summed E-state index contributed by atoms with van der Waals surface area (Å²) in [7, 11) is 0. The van der Waals surface area contributed by atoms with Gasteiger partial charge >= 0.3 is 0 Å². The van der Waals surface area contributed by atoms with Gasteiger partial charge in [0.25, 0.3) is 0 Å². The highest BCUT2D eigenvalue weighted by molar-refractivity contribution is 6.30. The number of rotatable bonds is 1. The van der Waals surface area contributed by atoms with Crippen molar-refractivity contribution >= 4 is 17.4 Å². The lowest BCUT2D eigenvalue weighted by molar-refractivity contribution is 0.244. The minimum absolute atomic E-state index is 0.711. The molecule has 0 bridgehead atoms. The Kier molecular flexibility index (Phi) is 3.21. The zero-order valence-corrected chi connectivity index (χ0v) is 10.7. The van der Waals surface area contributed by atoms with Gasteiger partial charge in [-0.3, -0.25) is 0 Å². The number of nitrogens with zero attached hydrogens (tertiary/aromatic N) is 2. The fraction of sp³-hybridized carbons (Fsp3) is 0.615. The predicted octanol–water partition coefficient (Wildman–Crippen LogP) is 2.31. The number of piperidine rings is 2. The normalized spacial score (nSPS) is 28.9. The zero-order chi connectivity index (χ0) is 11.7. The lowest BCUT2D eigenvalue weighted by atomic mass is 9.85. The fourth-order valence-corrected chi connectivity index (χ4v) is 3.12. The molecule has 3 nitrogen and oxygen atoms in total. The Bertz CT molecular complexity index is 379. The van der Waals surface area contributed by atoms with Gasteiger partial charge in [0.15, 0.2) is 0 Å². The maximum atomic E-state index is 5.87. The van der Waals surface area contributed by atoms with Crippen LogP contribution in [0.1, 0.15) is 19.3 Å². The molecular weight excluding hydrogens is 234 g/mol. The molecule has 2 aliphatic rings. The summed E-state index contributed by atoms with van der Waals surface area (Å²) in [6.45, 7) is 3.43. The highest BCUT2D eigenvalue weighted by Gasteiger charge is 2.31. The number of fused-ring (bicyclic) bond motifs is 1. The van der Waals surface area contributed by atoms with Crippen LogP contribution >= 0.6 is 11.6 Å². The minimum Gasteiger partial charge on any atom is -0.356 e. The van der Waals surface area contributed by atoms with Crippen molar-refractivity contribution in [2.45, 2.75) is 25.3 Å². The van der Waals surface area contributed by atoms with Gasteiger partial charge < -0.3 is 10.2 Å². The molecule has 2 fully saturated rings. The molecule has 3 heterocycles. The van der Waals surface area contributed by atoms with E-state index < -0.39 is 0 Å². The Morgan fingerprint density at radius 1 is 1.35 bits per heavy atom. The Labute approximate surface area is 107 Å². The van der Waals surface area contributed by atoms with Gasteiger partial charge in [-0.1, -0.05) is 11.6 Å². The van der Waals surface area contributed by atoms with Crippen LogP contribution in [0.2, 0.25) is 5.02 Å². The van der Waals surface area contributed by atoms with Gasteiger partial charge in [0.1, 0.15) is 5.82 Å². The molecule has 0 saturated carbocycles. The van der Waals surface area contributed by atoms with E-state index in [1.54, 1.807) is 6.20 Å². The maximum Gasteiger partial charge on any atom is 0.128 e. The summed E-state index contributed by atoms with van der Waals surface area (Å²) in [5, 5.41) is 4.35. The first-order valence-corrected chi connectivity index (χ1v) is 6.80. The summed E-state index contributed by atoms with van der Waals surface area (Å²) in [6, 6.07) is 4.68. The maximum absolute atomic E-state index is 5.87. The second-order valence-electron chi connectivity index (χ2n) is 5.03. The monoisotopic (exact) mass is 251 g/mol. The van der Waals surface area contributed by atoms with Gasteiger partial charge in [-0.25, -0.2) is 4.98 Å². The molecule has 1 N–H and O–H groups in total. The highest BCUT2D eigenvalue weighted by atomic mass is 35.5. The molecule has 0 radical (unpaired) electrons. The third kappa shape index (κ3) is 2.40. The van der Waals surface area contributed by atoms with Crippen LogP contribution in [0.4, 0.5) is 5.82 Å². The van der Waals surface area contributed by atoms with Crippen molar-refractivity contribution in [2.75, 3.05) is 24.5 Å². The predicted molar refractivity (Wildman–Crippen MR) is 70.6 cm³/mol. The minimum atomic E-state index is 0.711. The molecule has 0 amide bonds. The molecule has 0 spiro atoms. The molecule has 0 unspecified atom stereocenters. The standard InChI is InChI=1S/C13H18ClN3/c14-11-3-4-13(16-8-11)17-7-5-12-10(9-17)2-1-6-15-12/h3-4,8,10,12,15H,1-2,5-7,9H2/t10-,12+/m1/s1. The summed E-state index contributed by atoms with van der Waals surface area (Å²) in [5.41, 5.74) is 0. The fourth-order valence-electron chi connectivity index (χ4n) is 3.01. The highest BCUT2D eigenvalue weighted by Crippen LogP contribution is 2.27. The van der Waals surface area contributed by atoms with E-state index in [4.69, 9.17) is 11.6 Å². The summed E-state index contributed by atoms with van der Waals surface area (Å²) >= 11 is 5.87. The summed E-state index contributed by atoms with van der Waals surface area (Å²) in [6.07, 6.45) is 5.63. The smallest absolute Gasteiger partial charge is 0.128 e. The van der Waals surface area contributed by atoms with E-state index in [1.165, 1.54) is 25.8 Å². The largest absolute Gasteiger partial charge is 0.356 e. The van der Waals surface area contributed by atoms with Crippen molar-refractivity contribution in [3.8, 4) is 0 Å². The van der Waals surface area contributed by atoms with E-state index >= 15 is 0 Å². The molecule has 0 aromatic carbocycles. The molecule has 1 aromatic heterocycles. The van der Waals surface area contributed by atoms with E-state index in [0.717, 1.165) is 30.9 Å². The van der Waals surface area contributed by atoms with Crippen LogP contribution in [0, 0.1) is 5.92 Å². The number of hydrogen-bond donors (Lipinski definition) is 1. The molecule has 17 heavy (non-hydrogen) atoms. The van der Waals surface area contributed by atoms with Crippen molar-refractivity contribution < 1.29 is 0 Å². The quantitative estimate of drug-likeness (QED) is 0.830. The van der Waals surface area contributed by atoms with Gasteiger partial charge in [-0.15, -0.1) is 0 Å². The van der Waals surface area contributed by atoms with Crippen LogP contribution in [0.5, 0.6) is 0 Å². The molecule has 1 aromatic rings. The zero-order valence-electron chi connectivity index (χ0n) is 9.90. The second-order valence-corrected chi connectivity index (χ2v) is 5.47. The van der Waals surface area contributed by atoms with Crippen molar-refractivity contribution in [2.24, 2.45) is 5.92 Å². The van der Waals surface area contributed by atoms with Crippen LogP contribution in [0.3, 0.4) is 0 Å². The molecule has 0 aliphatic carbocycles. The van der Waals surface area contributed by atoms with Crippen molar-refractivity contribution in [1.82, 2.24) is 10.3 Å². The average molecular weight is 252 g/mol. The first-order chi connectivity index (χ1) is 8.33. The number of nitrogens with one attached hydrogen (secondary N) is 1. The van der Waals surface area contributed by atoms with Crippen LogP contribution in [-0.2, 0) is 0 Å². The van der Waals surface area contributed by atoms with Crippen LogP contribution in [-0.4, -0.2) is 30.7 Å². The SMILES string of the molecule is Clc1ccc(N2CC[C@@H]3NCCC[C@@H]3C2)nc1. The Hall–Kier alpha value is -0.800. The summed E-state index contributed by atoms with van der Waals surface area (Å²) < 4.78 is 0. The third-order valence-electron chi connectivity index (χ3n) is 3.93. The number of pyridine rings is 1. The van der Waals surface area contributed by atoms with E-state index in [1.807, 2.05) is 12.1 Å². The Balaban J connectivity index is 1.71. The summed E-state index contributed by atoms with van der Waals surface area (Å²) in [4.78, 5) is 6.81. The first-order valence-electron chi connectivity index (χ1n) is 6.43. The molecular formula is C13H18ClN3. The third-order valence-corrected chi connectivity index (χ3v) is 4.15. The number of halogens is 1. The van der Waals surface area contributed by atoms with Crippen molar-refractivity contribution in [3.05, 3.63) is 23.4 Å². The molecule has 2 atom stereocenters. The Morgan fingerprint density at radius 2 is 2.29 bits per heavy atom. The van der Waals surface area contributed by atoms with Gasteiger partial charge in [0.05, 0.1) is 5.02 Å². The van der Waals surface area contributed by atoms with Crippen LogP contribution in [0.15, 0.2) is 18.3 Å². The van der Waals surface area contributed by atoms with E-state index in [0.29, 0.717) is 5.02 Å². The van der Waals surface area contributed by atoms with Crippen LogP contribution < -0.4 is 10.2 Å². The van der Waals surface area contributed by atoms with Crippen molar-refractivity contribution in [3.63, 3.8) is 0 Å². The second kappa shape index (κ2) is 4.83. The molecule has 3 rings (SSSR count). The van der Waals surface area contributed by atoms with Gasteiger partial charge in [-0.05, 0) is 43.9 Å². The van der Waals surface area contributed by atoms with E-state index in [9.17, 15) is 0 Å².